The Morgan fingerprint density at radius 2 is 2.53 bits per heavy atom. The largest absolute Gasteiger partial charge is 0.335 e. The fourth-order valence-corrected chi connectivity index (χ4v) is 2.48. The fraction of sp³-hybridized carbons (Fsp3) is 0.600. The van der Waals surface area contributed by atoms with Crippen LogP contribution in [0.1, 0.15) is 21.6 Å². The van der Waals surface area contributed by atoms with Crippen LogP contribution in [0.25, 0.3) is 0 Å². The van der Waals surface area contributed by atoms with Gasteiger partial charge in [0, 0.05) is 25.7 Å². The van der Waals surface area contributed by atoms with E-state index in [1.54, 1.807) is 6.20 Å². The van der Waals surface area contributed by atoms with E-state index in [1.807, 2.05) is 11.8 Å². The van der Waals surface area contributed by atoms with E-state index in [9.17, 15) is 4.79 Å². The van der Waals surface area contributed by atoms with Crippen molar-refractivity contribution in [1.82, 2.24) is 15.2 Å². The molecule has 1 saturated heterocycles. The lowest BCUT2D eigenvalue weighted by Gasteiger charge is -2.31. The highest BCUT2D eigenvalue weighted by molar-refractivity contribution is 7.13. The van der Waals surface area contributed by atoms with Crippen LogP contribution in [0, 0.1) is 6.92 Å². The van der Waals surface area contributed by atoms with Crippen molar-refractivity contribution >= 4 is 17.2 Å². The van der Waals surface area contributed by atoms with Crippen molar-refractivity contribution in [2.75, 3.05) is 19.6 Å². The number of rotatable bonds is 1. The second kappa shape index (κ2) is 4.28. The average molecular weight is 225 g/mol. The minimum Gasteiger partial charge on any atom is -0.335 e. The molecule has 15 heavy (non-hydrogen) atoms. The molecule has 0 spiro atoms. The number of piperazine rings is 1. The first-order valence-corrected chi connectivity index (χ1v) is 5.93. The number of carbonyl (C=O) groups excluding carboxylic acids is 1. The van der Waals surface area contributed by atoms with Crippen molar-refractivity contribution < 1.29 is 4.79 Å². The lowest BCUT2D eigenvalue weighted by Crippen LogP contribution is -2.51. The molecule has 1 aromatic rings. The SMILES string of the molecule is Cc1ncc(C(=O)N2CCN[C@H](C)C2)s1. The van der Waals surface area contributed by atoms with Crippen LogP contribution in [0.4, 0.5) is 0 Å². The van der Waals surface area contributed by atoms with Crippen molar-refractivity contribution in [1.29, 1.82) is 0 Å². The highest BCUT2D eigenvalue weighted by Gasteiger charge is 2.22. The first-order chi connectivity index (χ1) is 7.16. The summed E-state index contributed by atoms with van der Waals surface area (Å²) in [6.07, 6.45) is 1.68. The third-order valence-corrected chi connectivity index (χ3v) is 3.39. The summed E-state index contributed by atoms with van der Waals surface area (Å²) in [5, 5.41) is 4.26. The Bertz CT molecular complexity index is 363. The van der Waals surface area contributed by atoms with Crippen LogP contribution in [0.15, 0.2) is 6.20 Å². The normalized spacial score (nSPS) is 21.7. The van der Waals surface area contributed by atoms with Gasteiger partial charge in [-0.05, 0) is 13.8 Å². The Balaban J connectivity index is 2.07. The van der Waals surface area contributed by atoms with Gasteiger partial charge in [-0.1, -0.05) is 0 Å². The Morgan fingerprint density at radius 3 is 3.13 bits per heavy atom. The number of hydrogen-bond acceptors (Lipinski definition) is 4. The highest BCUT2D eigenvalue weighted by Crippen LogP contribution is 2.15. The molecule has 1 fully saturated rings. The summed E-state index contributed by atoms with van der Waals surface area (Å²) in [6.45, 7) is 6.47. The van der Waals surface area contributed by atoms with Crippen molar-refractivity contribution in [3.05, 3.63) is 16.1 Å². The van der Waals surface area contributed by atoms with Gasteiger partial charge in [-0.2, -0.15) is 0 Å². The molecular formula is C10H15N3OS. The second-order valence-electron chi connectivity index (χ2n) is 3.85. The Morgan fingerprint density at radius 1 is 1.73 bits per heavy atom. The van der Waals surface area contributed by atoms with Crippen LogP contribution in [0.3, 0.4) is 0 Å². The maximum atomic E-state index is 12.0. The van der Waals surface area contributed by atoms with Crippen molar-refractivity contribution in [3.8, 4) is 0 Å². The zero-order chi connectivity index (χ0) is 10.8. The average Bonchev–Trinajstić information content (AvgIpc) is 2.64. The predicted octanol–water partition coefficient (Wildman–Crippen LogP) is 0.885. The van der Waals surface area contributed by atoms with Crippen LogP contribution in [0.2, 0.25) is 0 Å². The van der Waals surface area contributed by atoms with E-state index in [0.29, 0.717) is 6.04 Å². The van der Waals surface area contributed by atoms with E-state index >= 15 is 0 Å². The summed E-state index contributed by atoms with van der Waals surface area (Å²) in [5.74, 6) is 0.119. The smallest absolute Gasteiger partial charge is 0.265 e. The summed E-state index contributed by atoms with van der Waals surface area (Å²) in [4.78, 5) is 18.8. The Hall–Kier alpha value is -0.940. The van der Waals surface area contributed by atoms with E-state index in [4.69, 9.17) is 0 Å². The van der Waals surface area contributed by atoms with Gasteiger partial charge in [0.2, 0.25) is 0 Å². The third kappa shape index (κ3) is 2.35. The molecule has 1 aromatic heterocycles. The number of hydrogen-bond donors (Lipinski definition) is 1. The van der Waals surface area contributed by atoms with E-state index in [0.717, 1.165) is 29.5 Å². The molecule has 1 aliphatic heterocycles. The first-order valence-electron chi connectivity index (χ1n) is 5.12. The lowest BCUT2D eigenvalue weighted by molar-refractivity contribution is 0.0714. The first kappa shape index (κ1) is 10.6. The van der Waals surface area contributed by atoms with Crippen LogP contribution in [-0.2, 0) is 0 Å². The number of amides is 1. The van der Waals surface area contributed by atoms with Crippen molar-refractivity contribution in [2.45, 2.75) is 19.9 Å². The highest BCUT2D eigenvalue weighted by atomic mass is 32.1. The molecule has 5 heteroatoms. The molecule has 1 amide bonds. The summed E-state index contributed by atoms with van der Waals surface area (Å²) < 4.78 is 0. The van der Waals surface area contributed by atoms with Crippen LogP contribution < -0.4 is 5.32 Å². The van der Waals surface area contributed by atoms with Gasteiger partial charge in [0.15, 0.2) is 0 Å². The molecule has 0 saturated carbocycles. The van der Waals surface area contributed by atoms with Crippen LogP contribution in [-0.4, -0.2) is 41.5 Å². The topological polar surface area (TPSA) is 45.2 Å². The minimum atomic E-state index is 0.119. The molecule has 1 aliphatic rings. The lowest BCUT2D eigenvalue weighted by atomic mass is 10.2. The standard InChI is InChI=1S/C10H15N3OS/c1-7-6-13(4-3-11-7)10(14)9-5-12-8(2)15-9/h5,7,11H,3-4,6H2,1-2H3/t7-/m1/s1. The van der Waals surface area contributed by atoms with Crippen LogP contribution >= 0.6 is 11.3 Å². The number of nitrogens with one attached hydrogen (secondary N) is 1. The summed E-state index contributed by atoms with van der Waals surface area (Å²) in [5.41, 5.74) is 0. The van der Waals surface area contributed by atoms with Gasteiger partial charge in [-0.3, -0.25) is 4.79 Å². The van der Waals surface area contributed by atoms with Gasteiger partial charge in [-0.15, -0.1) is 11.3 Å². The van der Waals surface area contributed by atoms with Gasteiger partial charge in [0.1, 0.15) is 4.88 Å². The van der Waals surface area contributed by atoms with Crippen molar-refractivity contribution in [3.63, 3.8) is 0 Å². The van der Waals surface area contributed by atoms with E-state index < -0.39 is 0 Å². The number of carbonyl (C=O) groups is 1. The van der Waals surface area contributed by atoms with Gasteiger partial charge in [0.25, 0.3) is 5.91 Å². The fourth-order valence-electron chi connectivity index (χ4n) is 1.73. The molecular weight excluding hydrogens is 210 g/mol. The zero-order valence-electron chi connectivity index (χ0n) is 8.99. The molecule has 1 N–H and O–H groups in total. The number of thiazole rings is 1. The minimum absolute atomic E-state index is 0.119. The maximum Gasteiger partial charge on any atom is 0.265 e. The van der Waals surface area contributed by atoms with Gasteiger partial charge >= 0.3 is 0 Å². The monoisotopic (exact) mass is 225 g/mol. The number of aryl methyl sites for hydroxylation is 1. The summed E-state index contributed by atoms with van der Waals surface area (Å²) in [7, 11) is 0. The second-order valence-corrected chi connectivity index (χ2v) is 5.08. The zero-order valence-corrected chi connectivity index (χ0v) is 9.80. The molecule has 0 bridgehead atoms. The van der Waals surface area contributed by atoms with Crippen molar-refractivity contribution in [2.24, 2.45) is 0 Å². The predicted molar refractivity (Wildman–Crippen MR) is 60.2 cm³/mol. The molecule has 0 radical (unpaired) electrons. The van der Waals surface area contributed by atoms with Gasteiger partial charge in [-0.25, -0.2) is 4.98 Å². The van der Waals surface area contributed by atoms with Crippen LogP contribution in [0.5, 0.6) is 0 Å². The van der Waals surface area contributed by atoms with Gasteiger partial charge < -0.3 is 10.2 Å². The van der Waals surface area contributed by atoms with Gasteiger partial charge in [0.05, 0.1) is 11.2 Å². The summed E-state index contributed by atoms with van der Waals surface area (Å²) >= 11 is 1.47. The number of nitrogens with zero attached hydrogens (tertiary/aromatic N) is 2. The molecule has 2 rings (SSSR count). The molecule has 0 unspecified atom stereocenters. The Labute approximate surface area is 93.3 Å². The third-order valence-electron chi connectivity index (χ3n) is 2.49. The maximum absolute atomic E-state index is 12.0. The van der Waals surface area contributed by atoms with E-state index in [-0.39, 0.29) is 5.91 Å². The molecule has 0 aromatic carbocycles. The molecule has 4 nitrogen and oxygen atoms in total. The van der Waals surface area contributed by atoms with E-state index in [2.05, 4.69) is 17.2 Å². The summed E-state index contributed by atoms with van der Waals surface area (Å²) in [6, 6.07) is 0.386. The Kier molecular flexibility index (Phi) is 3.02. The quantitative estimate of drug-likeness (QED) is 0.772. The molecule has 0 aliphatic carbocycles. The molecule has 2 heterocycles. The molecule has 1 atom stereocenters. The number of aromatic nitrogens is 1. The molecule has 82 valence electrons. The van der Waals surface area contributed by atoms with E-state index in [1.165, 1.54) is 11.3 Å².